The van der Waals surface area contributed by atoms with Crippen LogP contribution in [0, 0.1) is 0 Å². The summed E-state index contributed by atoms with van der Waals surface area (Å²) in [6, 6.07) is -1.05. The molecule has 1 heterocycles. The third-order valence-electron chi connectivity index (χ3n) is 1.93. The molecule has 2 unspecified atom stereocenters. The zero-order chi connectivity index (χ0) is 9.14. The Bertz CT molecular complexity index is 209. The van der Waals surface area contributed by atoms with Gasteiger partial charge in [-0.3, -0.25) is 14.9 Å². The zero-order valence-electron chi connectivity index (χ0n) is 7.15. The second-order valence-electron chi connectivity index (χ2n) is 2.71. The van der Waals surface area contributed by atoms with E-state index in [4.69, 9.17) is 5.11 Å². The minimum absolute atomic E-state index is 0. The second kappa shape index (κ2) is 5.04. The van der Waals surface area contributed by atoms with Crippen molar-refractivity contribution in [3.63, 3.8) is 0 Å². The number of nitrogens with one attached hydrogen (secondary N) is 1. The number of carboxylic acids is 1. The zero-order valence-corrected chi connectivity index (χ0v) is 7.97. The quantitative estimate of drug-likeness (QED) is 0.616. The molecular weight excluding hydrogens is 198 g/mol. The SMILES string of the molecule is COC(=O)C1CCC(C(=O)O)N1.Cl. The average molecular weight is 210 g/mol. The highest BCUT2D eigenvalue weighted by Crippen LogP contribution is 2.13. The van der Waals surface area contributed by atoms with Crippen LogP contribution in [-0.2, 0) is 14.3 Å². The van der Waals surface area contributed by atoms with E-state index in [0.29, 0.717) is 12.8 Å². The average Bonchev–Trinajstić information content (AvgIpc) is 2.51. The smallest absolute Gasteiger partial charge is 0.322 e. The summed E-state index contributed by atoms with van der Waals surface area (Å²) in [5.41, 5.74) is 0. The fourth-order valence-electron chi connectivity index (χ4n) is 1.27. The predicted molar refractivity (Wildman–Crippen MR) is 46.8 cm³/mol. The molecule has 1 aliphatic rings. The summed E-state index contributed by atoms with van der Waals surface area (Å²) in [4.78, 5) is 21.3. The van der Waals surface area contributed by atoms with Gasteiger partial charge in [0.05, 0.1) is 7.11 Å². The van der Waals surface area contributed by atoms with Gasteiger partial charge in [-0.2, -0.15) is 0 Å². The van der Waals surface area contributed by atoms with Gasteiger partial charge >= 0.3 is 11.9 Å². The lowest BCUT2D eigenvalue weighted by Crippen LogP contribution is -2.39. The minimum atomic E-state index is -0.915. The Morgan fingerprint density at radius 3 is 2.31 bits per heavy atom. The molecule has 0 aliphatic carbocycles. The number of hydrogen-bond acceptors (Lipinski definition) is 4. The number of aliphatic carboxylic acids is 1. The van der Waals surface area contributed by atoms with Gasteiger partial charge in [0.25, 0.3) is 0 Å². The van der Waals surface area contributed by atoms with Crippen molar-refractivity contribution in [1.82, 2.24) is 5.32 Å². The highest BCUT2D eigenvalue weighted by atomic mass is 35.5. The predicted octanol–water partition coefficient (Wildman–Crippen LogP) is -0.214. The summed E-state index contributed by atoms with van der Waals surface area (Å²) < 4.78 is 4.47. The lowest BCUT2D eigenvalue weighted by Gasteiger charge is -2.08. The standard InChI is InChI=1S/C7H11NO4.ClH/c1-12-7(11)5-3-2-4(8-5)6(9)10;/h4-5,8H,2-3H2,1H3,(H,9,10);1H. The van der Waals surface area contributed by atoms with Crippen molar-refractivity contribution in [3.8, 4) is 0 Å². The topological polar surface area (TPSA) is 75.6 Å². The van der Waals surface area contributed by atoms with Crippen LogP contribution < -0.4 is 5.32 Å². The van der Waals surface area contributed by atoms with E-state index >= 15 is 0 Å². The van der Waals surface area contributed by atoms with Crippen molar-refractivity contribution in [2.24, 2.45) is 0 Å². The van der Waals surface area contributed by atoms with Crippen molar-refractivity contribution in [2.75, 3.05) is 7.11 Å². The van der Waals surface area contributed by atoms with Crippen LogP contribution in [0.2, 0.25) is 0 Å². The van der Waals surface area contributed by atoms with Crippen LogP contribution in [0.15, 0.2) is 0 Å². The fourth-order valence-corrected chi connectivity index (χ4v) is 1.27. The molecule has 0 bridgehead atoms. The van der Waals surface area contributed by atoms with E-state index in [1.165, 1.54) is 7.11 Å². The number of carbonyl (C=O) groups is 2. The third kappa shape index (κ3) is 2.86. The number of hydrogen-bond donors (Lipinski definition) is 2. The number of ether oxygens (including phenoxy) is 1. The molecule has 2 atom stereocenters. The molecule has 1 saturated heterocycles. The van der Waals surface area contributed by atoms with Gasteiger partial charge < -0.3 is 9.84 Å². The van der Waals surface area contributed by atoms with Gasteiger partial charge in [0.15, 0.2) is 0 Å². The first-order chi connectivity index (χ1) is 5.65. The number of carbonyl (C=O) groups excluding carboxylic acids is 1. The molecule has 0 aromatic carbocycles. The van der Waals surface area contributed by atoms with E-state index in [0.717, 1.165) is 0 Å². The molecule has 1 fully saturated rings. The van der Waals surface area contributed by atoms with E-state index < -0.39 is 24.0 Å². The van der Waals surface area contributed by atoms with Crippen LogP contribution in [-0.4, -0.2) is 36.2 Å². The Morgan fingerprint density at radius 2 is 1.92 bits per heavy atom. The lowest BCUT2D eigenvalue weighted by atomic mass is 10.2. The summed E-state index contributed by atoms with van der Waals surface area (Å²) in [5, 5.41) is 11.2. The maximum absolute atomic E-state index is 10.9. The summed E-state index contributed by atoms with van der Waals surface area (Å²) in [6.45, 7) is 0. The first-order valence-corrected chi connectivity index (χ1v) is 3.72. The maximum Gasteiger partial charge on any atom is 0.322 e. The number of rotatable bonds is 2. The van der Waals surface area contributed by atoms with Crippen LogP contribution >= 0.6 is 12.4 Å². The van der Waals surface area contributed by atoms with Gasteiger partial charge in [-0.25, -0.2) is 0 Å². The molecule has 0 saturated carbocycles. The largest absolute Gasteiger partial charge is 0.480 e. The van der Waals surface area contributed by atoms with Crippen molar-refractivity contribution >= 4 is 24.3 Å². The lowest BCUT2D eigenvalue weighted by molar-refractivity contribution is -0.143. The van der Waals surface area contributed by atoms with E-state index in [1.54, 1.807) is 0 Å². The van der Waals surface area contributed by atoms with E-state index in [1.807, 2.05) is 0 Å². The molecule has 76 valence electrons. The Morgan fingerprint density at radius 1 is 1.38 bits per heavy atom. The Hall–Kier alpha value is -0.810. The van der Waals surface area contributed by atoms with Crippen LogP contribution in [0.25, 0.3) is 0 Å². The van der Waals surface area contributed by atoms with E-state index in [9.17, 15) is 9.59 Å². The molecule has 6 heteroatoms. The number of esters is 1. The van der Waals surface area contributed by atoms with Crippen molar-refractivity contribution in [3.05, 3.63) is 0 Å². The Balaban J connectivity index is 0.00000144. The van der Waals surface area contributed by atoms with Crippen molar-refractivity contribution in [2.45, 2.75) is 24.9 Å². The maximum atomic E-state index is 10.9. The molecular formula is C7H12ClNO4. The van der Waals surface area contributed by atoms with Crippen molar-refractivity contribution < 1.29 is 19.4 Å². The summed E-state index contributed by atoms with van der Waals surface area (Å²) in [7, 11) is 1.29. The first-order valence-electron chi connectivity index (χ1n) is 3.72. The molecule has 0 amide bonds. The summed E-state index contributed by atoms with van der Waals surface area (Å²) >= 11 is 0. The van der Waals surface area contributed by atoms with Gasteiger partial charge in [-0.05, 0) is 12.8 Å². The molecule has 2 N–H and O–H groups in total. The van der Waals surface area contributed by atoms with Gasteiger partial charge in [-0.15, -0.1) is 12.4 Å². The second-order valence-corrected chi connectivity index (χ2v) is 2.71. The molecule has 0 aromatic heterocycles. The van der Waals surface area contributed by atoms with Crippen LogP contribution in [0.3, 0.4) is 0 Å². The Kier molecular flexibility index (Phi) is 4.72. The highest BCUT2D eigenvalue weighted by molar-refractivity contribution is 5.85. The molecule has 1 aliphatic heterocycles. The van der Waals surface area contributed by atoms with Gasteiger partial charge in [-0.1, -0.05) is 0 Å². The highest BCUT2D eigenvalue weighted by Gasteiger charge is 2.33. The molecule has 0 aromatic rings. The normalized spacial score (nSPS) is 26.2. The van der Waals surface area contributed by atoms with Crippen molar-refractivity contribution in [1.29, 1.82) is 0 Å². The Labute approximate surface area is 81.9 Å². The molecule has 0 spiro atoms. The fraction of sp³-hybridized carbons (Fsp3) is 0.714. The van der Waals surface area contributed by atoms with E-state index in [2.05, 4.69) is 10.1 Å². The molecule has 13 heavy (non-hydrogen) atoms. The van der Waals surface area contributed by atoms with Crippen LogP contribution in [0.4, 0.5) is 0 Å². The molecule has 5 nitrogen and oxygen atoms in total. The van der Waals surface area contributed by atoms with Crippen LogP contribution in [0.5, 0.6) is 0 Å². The van der Waals surface area contributed by atoms with Gasteiger partial charge in [0.2, 0.25) is 0 Å². The summed E-state index contributed by atoms with van der Waals surface area (Å²) in [5.74, 6) is -1.31. The minimum Gasteiger partial charge on any atom is -0.480 e. The monoisotopic (exact) mass is 209 g/mol. The third-order valence-corrected chi connectivity index (χ3v) is 1.93. The van der Waals surface area contributed by atoms with Crippen LogP contribution in [0.1, 0.15) is 12.8 Å². The first kappa shape index (κ1) is 12.2. The van der Waals surface area contributed by atoms with Gasteiger partial charge in [0.1, 0.15) is 12.1 Å². The molecule has 0 radical (unpaired) electrons. The number of halogens is 1. The number of methoxy groups -OCH3 is 1. The summed E-state index contributed by atoms with van der Waals surface area (Å²) in [6.07, 6.45) is 1.01. The number of carboxylic acid groups (broad SMARTS) is 1. The molecule has 1 rings (SSSR count). The van der Waals surface area contributed by atoms with E-state index in [-0.39, 0.29) is 12.4 Å². The van der Waals surface area contributed by atoms with Gasteiger partial charge in [0, 0.05) is 0 Å².